The Kier molecular flexibility index (Phi) is 5.10. The first-order chi connectivity index (χ1) is 9.49. The normalized spacial score (nSPS) is 16.2. The van der Waals surface area contributed by atoms with Gasteiger partial charge in [-0.3, -0.25) is 4.79 Å². The Bertz CT molecular complexity index is 481. The molecular formula is C14H17BrF2N2O. The molecule has 110 valence electrons. The third-order valence-corrected chi connectivity index (χ3v) is 4.02. The number of nitrogens with zero attached hydrogens (tertiary/aromatic N) is 1. The maximum atomic E-state index is 13.8. The molecule has 0 aromatic heterocycles. The molecule has 0 unspecified atom stereocenters. The molecule has 1 fully saturated rings. The van der Waals surface area contributed by atoms with Crippen LogP contribution < -0.4 is 5.32 Å². The van der Waals surface area contributed by atoms with E-state index in [0.29, 0.717) is 12.5 Å². The lowest BCUT2D eigenvalue weighted by Gasteiger charge is -2.27. The Balaban J connectivity index is 2.10. The number of rotatable bonds is 3. The van der Waals surface area contributed by atoms with Gasteiger partial charge in [0.2, 0.25) is 0 Å². The summed E-state index contributed by atoms with van der Waals surface area (Å²) in [6.07, 6.45) is 1.95. The molecule has 1 amide bonds. The highest BCUT2D eigenvalue weighted by Gasteiger charge is 2.24. The zero-order chi connectivity index (χ0) is 14.7. The van der Waals surface area contributed by atoms with Crippen LogP contribution in [0.3, 0.4) is 0 Å². The maximum Gasteiger partial charge on any atom is 0.259 e. The first kappa shape index (κ1) is 15.4. The summed E-state index contributed by atoms with van der Waals surface area (Å²) in [5.74, 6) is -1.89. The second-order valence-corrected chi connectivity index (χ2v) is 6.04. The first-order valence-corrected chi connectivity index (χ1v) is 7.39. The van der Waals surface area contributed by atoms with Crippen molar-refractivity contribution in [1.82, 2.24) is 10.2 Å². The molecule has 1 N–H and O–H groups in total. The van der Waals surface area contributed by atoms with Crippen molar-refractivity contribution in [3.8, 4) is 0 Å². The van der Waals surface area contributed by atoms with Crippen LogP contribution in [0.1, 0.15) is 23.2 Å². The van der Waals surface area contributed by atoms with E-state index in [2.05, 4.69) is 21.2 Å². The van der Waals surface area contributed by atoms with E-state index in [4.69, 9.17) is 0 Å². The van der Waals surface area contributed by atoms with Gasteiger partial charge < -0.3 is 10.2 Å². The van der Waals surface area contributed by atoms with E-state index < -0.39 is 23.1 Å². The molecule has 20 heavy (non-hydrogen) atoms. The van der Waals surface area contributed by atoms with Gasteiger partial charge in [-0.1, -0.05) is 15.9 Å². The van der Waals surface area contributed by atoms with Crippen LogP contribution in [0.2, 0.25) is 0 Å². The molecule has 0 radical (unpaired) electrons. The summed E-state index contributed by atoms with van der Waals surface area (Å²) in [6, 6.07) is 2.21. The molecule has 3 nitrogen and oxygen atoms in total. The molecule has 1 aliphatic rings. The molecule has 1 aromatic carbocycles. The number of hydrogen-bond donors (Lipinski definition) is 1. The molecule has 0 aliphatic carbocycles. The first-order valence-electron chi connectivity index (χ1n) is 6.59. The van der Waals surface area contributed by atoms with Crippen molar-refractivity contribution in [3.63, 3.8) is 0 Å². The van der Waals surface area contributed by atoms with Crippen molar-refractivity contribution in [1.29, 1.82) is 0 Å². The van der Waals surface area contributed by atoms with Gasteiger partial charge in [-0.15, -0.1) is 0 Å². The zero-order valence-corrected chi connectivity index (χ0v) is 12.8. The quantitative estimate of drug-likeness (QED) is 0.912. The summed E-state index contributed by atoms with van der Waals surface area (Å²) < 4.78 is 27.8. The molecular weight excluding hydrogens is 330 g/mol. The third kappa shape index (κ3) is 3.55. The molecule has 2 rings (SSSR count). The minimum atomic E-state index is -0.834. The summed E-state index contributed by atoms with van der Waals surface area (Å²) in [4.78, 5) is 13.6. The van der Waals surface area contributed by atoms with Gasteiger partial charge in [-0.25, -0.2) is 8.78 Å². The van der Waals surface area contributed by atoms with Gasteiger partial charge in [0.05, 0.1) is 0 Å². The smallest absolute Gasteiger partial charge is 0.259 e. The van der Waals surface area contributed by atoms with Crippen LogP contribution in [-0.2, 0) is 0 Å². The average Bonchev–Trinajstić information content (AvgIpc) is 2.38. The van der Waals surface area contributed by atoms with E-state index in [9.17, 15) is 13.6 Å². The SMILES string of the molecule is CN(CC1CCNCC1)C(=O)c1c(F)cc(Br)cc1F. The Labute approximate surface area is 125 Å². The Morgan fingerprint density at radius 3 is 2.45 bits per heavy atom. The van der Waals surface area contributed by atoms with Crippen LogP contribution in [0.5, 0.6) is 0 Å². The summed E-state index contributed by atoms with van der Waals surface area (Å²) in [5.41, 5.74) is -0.482. The highest BCUT2D eigenvalue weighted by Crippen LogP contribution is 2.21. The fourth-order valence-electron chi connectivity index (χ4n) is 2.47. The molecule has 0 atom stereocenters. The van der Waals surface area contributed by atoms with E-state index in [-0.39, 0.29) is 4.47 Å². The largest absolute Gasteiger partial charge is 0.341 e. The van der Waals surface area contributed by atoms with Gasteiger partial charge in [0.1, 0.15) is 17.2 Å². The highest BCUT2D eigenvalue weighted by molar-refractivity contribution is 9.10. The number of carbonyl (C=O) groups is 1. The minimum absolute atomic E-state index is 0.282. The van der Waals surface area contributed by atoms with Crippen LogP contribution in [0.4, 0.5) is 8.78 Å². The molecule has 6 heteroatoms. The second-order valence-electron chi connectivity index (χ2n) is 5.12. The molecule has 0 saturated carbocycles. The van der Waals surface area contributed by atoms with Crippen molar-refractivity contribution in [2.45, 2.75) is 12.8 Å². The van der Waals surface area contributed by atoms with Crippen LogP contribution in [0.15, 0.2) is 16.6 Å². The summed E-state index contributed by atoms with van der Waals surface area (Å²) >= 11 is 3.00. The number of halogens is 3. The van der Waals surface area contributed by atoms with E-state index in [0.717, 1.165) is 38.1 Å². The number of carbonyl (C=O) groups excluding carboxylic acids is 1. The molecule has 1 saturated heterocycles. The summed E-state index contributed by atoms with van der Waals surface area (Å²) in [7, 11) is 1.59. The predicted octanol–water partition coefficient (Wildman–Crippen LogP) is 2.80. The van der Waals surface area contributed by atoms with E-state index in [1.807, 2.05) is 0 Å². The monoisotopic (exact) mass is 346 g/mol. The highest BCUT2D eigenvalue weighted by atomic mass is 79.9. The Morgan fingerprint density at radius 2 is 1.90 bits per heavy atom. The summed E-state index contributed by atoms with van der Waals surface area (Å²) in [5, 5.41) is 3.24. The van der Waals surface area contributed by atoms with Crippen molar-refractivity contribution in [2.75, 3.05) is 26.7 Å². The van der Waals surface area contributed by atoms with Crippen molar-refractivity contribution in [3.05, 3.63) is 33.8 Å². The Morgan fingerprint density at radius 1 is 1.35 bits per heavy atom. The zero-order valence-electron chi connectivity index (χ0n) is 11.3. The number of hydrogen-bond acceptors (Lipinski definition) is 2. The molecule has 0 bridgehead atoms. The third-order valence-electron chi connectivity index (χ3n) is 3.56. The predicted molar refractivity (Wildman–Crippen MR) is 76.6 cm³/mol. The molecule has 1 heterocycles. The van der Waals surface area contributed by atoms with Crippen molar-refractivity contribution >= 4 is 21.8 Å². The average molecular weight is 347 g/mol. The maximum absolute atomic E-state index is 13.8. The van der Waals surface area contributed by atoms with Gasteiger partial charge in [-0.2, -0.15) is 0 Å². The fraction of sp³-hybridized carbons (Fsp3) is 0.500. The van der Waals surface area contributed by atoms with Crippen LogP contribution in [0, 0.1) is 17.6 Å². The topological polar surface area (TPSA) is 32.3 Å². The van der Waals surface area contributed by atoms with Crippen LogP contribution >= 0.6 is 15.9 Å². The van der Waals surface area contributed by atoms with Gasteiger partial charge in [0.15, 0.2) is 0 Å². The molecule has 1 aliphatic heterocycles. The van der Waals surface area contributed by atoms with Crippen molar-refractivity contribution in [2.24, 2.45) is 5.92 Å². The number of nitrogens with one attached hydrogen (secondary N) is 1. The van der Waals surface area contributed by atoms with Gasteiger partial charge in [0, 0.05) is 18.1 Å². The van der Waals surface area contributed by atoms with E-state index in [1.165, 1.54) is 4.90 Å². The Hall–Kier alpha value is -1.01. The van der Waals surface area contributed by atoms with Gasteiger partial charge in [-0.05, 0) is 44.0 Å². The molecule has 1 aromatic rings. The van der Waals surface area contributed by atoms with Crippen LogP contribution in [0.25, 0.3) is 0 Å². The van der Waals surface area contributed by atoms with E-state index in [1.54, 1.807) is 7.05 Å². The minimum Gasteiger partial charge on any atom is -0.341 e. The second kappa shape index (κ2) is 6.63. The number of piperidine rings is 1. The lowest BCUT2D eigenvalue weighted by molar-refractivity contribution is 0.0753. The fourth-order valence-corrected chi connectivity index (χ4v) is 2.87. The van der Waals surface area contributed by atoms with E-state index >= 15 is 0 Å². The number of amides is 1. The standard InChI is InChI=1S/C14H17BrF2N2O/c1-19(8-9-2-4-18-5-3-9)14(20)13-11(16)6-10(15)7-12(13)17/h6-7,9,18H,2-5,8H2,1H3. The number of benzene rings is 1. The summed E-state index contributed by atoms with van der Waals surface area (Å²) in [6.45, 7) is 2.37. The lowest BCUT2D eigenvalue weighted by Crippen LogP contribution is -2.37. The van der Waals surface area contributed by atoms with Crippen LogP contribution in [-0.4, -0.2) is 37.5 Å². The lowest BCUT2D eigenvalue weighted by atomic mass is 9.97. The van der Waals surface area contributed by atoms with Gasteiger partial charge in [0.25, 0.3) is 5.91 Å². The molecule has 0 spiro atoms. The van der Waals surface area contributed by atoms with Gasteiger partial charge >= 0.3 is 0 Å². The van der Waals surface area contributed by atoms with Crippen molar-refractivity contribution < 1.29 is 13.6 Å².